The van der Waals surface area contributed by atoms with Crippen LogP contribution in [0.25, 0.3) is 22.6 Å². The molecule has 10 heteroatoms. The largest absolute Gasteiger partial charge is 0.394 e. The molecule has 6 rings (SSSR count). The minimum Gasteiger partial charge on any atom is -0.394 e. The number of Topliss-reactive ketones (excluding diaryl/α,β-unsaturated/α-hetero) is 1. The molecule has 250 valence electrons. The van der Waals surface area contributed by atoms with Crippen molar-refractivity contribution in [3.05, 3.63) is 17.0 Å². The number of ketones is 1. The number of rotatable bonds is 9. The van der Waals surface area contributed by atoms with Crippen LogP contribution in [0.5, 0.6) is 0 Å². The van der Waals surface area contributed by atoms with E-state index in [1.807, 2.05) is 34.6 Å². The van der Waals surface area contributed by atoms with Crippen LogP contribution in [0.3, 0.4) is 0 Å². The van der Waals surface area contributed by atoms with E-state index in [4.69, 9.17) is 19.6 Å². The number of fused-ring (bicyclic) bond motifs is 2. The van der Waals surface area contributed by atoms with Crippen LogP contribution in [0.15, 0.2) is 4.52 Å². The lowest BCUT2D eigenvalue weighted by atomic mass is 9.83. The Morgan fingerprint density at radius 2 is 1.82 bits per heavy atom. The maximum Gasteiger partial charge on any atom is 0.186 e. The van der Waals surface area contributed by atoms with Gasteiger partial charge in [-0.1, -0.05) is 53.1 Å². The van der Waals surface area contributed by atoms with Crippen LogP contribution in [0.2, 0.25) is 0 Å². The molecule has 4 atom stereocenters. The van der Waals surface area contributed by atoms with Crippen molar-refractivity contribution in [2.24, 2.45) is 5.92 Å². The quantitative estimate of drug-likeness (QED) is 0.278. The van der Waals surface area contributed by atoms with E-state index in [1.54, 1.807) is 0 Å². The van der Waals surface area contributed by atoms with Crippen LogP contribution in [0.1, 0.15) is 122 Å². The SMILES string of the molecule is CC.CC.CCCCC(=O)C1CCCc2c(-c3nc(N4CC(C)CC[C@@H]4CO)c4c(C)nn(CC5CCCN5C)c4n3)noc21. The van der Waals surface area contributed by atoms with Crippen molar-refractivity contribution in [1.29, 1.82) is 0 Å². The van der Waals surface area contributed by atoms with E-state index in [0.717, 1.165) is 99.1 Å². The van der Waals surface area contributed by atoms with Crippen LogP contribution in [-0.2, 0) is 17.8 Å². The Balaban J connectivity index is 0.00000111. The van der Waals surface area contributed by atoms with Crippen LogP contribution in [0, 0.1) is 12.8 Å². The first-order valence-corrected chi connectivity index (χ1v) is 17.7. The van der Waals surface area contributed by atoms with Crippen molar-refractivity contribution in [2.45, 2.75) is 137 Å². The Bertz CT molecular complexity index is 1400. The van der Waals surface area contributed by atoms with Crippen LogP contribution in [0.4, 0.5) is 5.82 Å². The normalized spacial score (nSPS) is 23.3. The molecule has 3 aromatic heterocycles. The number of aromatic nitrogens is 5. The van der Waals surface area contributed by atoms with Crippen molar-refractivity contribution in [3.8, 4) is 11.5 Å². The van der Waals surface area contributed by atoms with Gasteiger partial charge in [0.15, 0.2) is 22.9 Å². The lowest BCUT2D eigenvalue weighted by Crippen LogP contribution is -2.45. The fraction of sp³-hybridized carbons (Fsp3) is 0.743. The average Bonchev–Trinajstić information content (AvgIpc) is 3.78. The van der Waals surface area contributed by atoms with Crippen molar-refractivity contribution < 1.29 is 14.4 Å². The maximum atomic E-state index is 13.1. The van der Waals surface area contributed by atoms with E-state index in [-0.39, 0.29) is 24.3 Å². The molecule has 10 nitrogen and oxygen atoms in total. The van der Waals surface area contributed by atoms with Gasteiger partial charge in [-0.25, -0.2) is 14.6 Å². The summed E-state index contributed by atoms with van der Waals surface area (Å²) in [5, 5.41) is 20.8. The van der Waals surface area contributed by atoms with Crippen LogP contribution < -0.4 is 4.90 Å². The summed E-state index contributed by atoms with van der Waals surface area (Å²) >= 11 is 0. The van der Waals surface area contributed by atoms with E-state index in [0.29, 0.717) is 35.7 Å². The van der Waals surface area contributed by atoms with Gasteiger partial charge in [-0.2, -0.15) is 5.10 Å². The first kappa shape index (κ1) is 35.0. The van der Waals surface area contributed by atoms with Gasteiger partial charge in [-0.05, 0) is 77.8 Å². The van der Waals surface area contributed by atoms with Gasteiger partial charge >= 0.3 is 0 Å². The fourth-order valence-electron chi connectivity index (χ4n) is 7.19. The predicted molar refractivity (Wildman–Crippen MR) is 181 cm³/mol. The molecular weight excluding hydrogens is 566 g/mol. The van der Waals surface area contributed by atoms with Gasteiger partial charge in [0, 0.05) is 24.6 Å². The number of aliphatic hydroxyl groups is 1. The summed E-state index contributed by atoms with van der Waals surface area (Å²) in [6.07, 6.45) is 9.32. The average molecular weight is 624 g/mol. The Morgan fingerprint density at radius 3 is 2.51 bits per heavy atom. The van der Waals surface area contributed by atoms with E-state index < -0.39 is 0 Å². The number of hydrogen-bond donors (Lipinski definition) is 1. The second-order valence-electron chi connectivity index (χ2n) is 12.7. The number of nitrogens with zero attached hydrogens (tertiary/aromatic N) is 7. The number of carbonyl (C=O) groups excluding carboxylic acids is 1. The van der Waals surface area contributed by atoms with Crippen molar-refractivity contribution in [2.75, 3.05) is 31.6 Å². The molecule has 1 N–H and O–H groups in total. The number of piperidine rings is 1. The number of aliphatic hydroxyl groups excluding tert-OH is 1. The second kappa shape index (κ2) is 16.1. The predicted octanol–water partition coefficient (Wildman–Crippen LogP) is 6.71. The molecule has 2 saturated heterocycles. The number of aryl methyl sites for hydroxylation is 1. The highest BCUT2D eigenvalue weighted by Gasteiger charge is 2.36. The zero-order valence-electron chi connectivity index (χ0n) is 29.1. The summed E-state index contributed by atoms with van der Waals surface area (Å²) in [5.74, 6) is 2.55. The van der Waals surface area contributed by atoms with Crippen molar-refractivity contribution >= 4 is 22.6 Å². The Morgan fingerprint density at radius 1 is 1.04 bits per heavy atom. The summed E-state index contributed by atoms with van der Waals surface area (Å²) in [5.41, 5.74) is 3.33. The summed E-state index contributed by atoms with van der Waals surface area (Å²) in [6, 6.07) is 0.405. The van der Waals surface area contributed by atoms with Crippen molar-refractivity contribution in [1.82, 2.24) is 29.8 Å². The molecule has 0 amide bonds. The van der Waals surface area contributed by atoms with Gasteiger partial charge in [0.05, 0.1) is 36.2 Å². The molecule has 3 unspecified atom stereocenters. The number of carbonyl (C=O) groups is 1. The number of anilines is 1. The molecule has 3 aliphatic rings. The first-order chi connectivity index (χ1) is 21.9. The molecule has 0 saturated carbocycles. The lowest BCUT2D eigenvalue weighted by molar-refractivity contribution is -0.121. The molecule has 2 fully saturated rings. The number of hydrogen-bond acceptors (Lipinski definition) is 9. The zero-order valence-corrected chi connectivity index (χ0v) is 29.1. The summed E-state index contributed by atoms with van der Waals surface area (Å²) in [7, 11) is 2.18. The summed E-state index contributed by atoms with van der Waals surface area (Å²) in [4.78, 5) is 28.1. The molecule has 0 bridgehead atoms. The van der Waals surface area contributed by atoms with E-state index in [1.165, 1.54) is 6.42 Å². The van der Waals surface area contributed by atoms with Gasteiger partial charge in [0.25, 0.3) is 0 Å². The maximum absolute atomic E-state index is 13.1. The third-order valence-corrected chi connectivity index (χ3v) is 9.66. The molecule has 1 aliphatic carbocycles. The van der Waals surface area contributed by atoms with Gasteiger partial charge in [0.2, 0.25) is 0 Å². The highest BCUT2D eigenvalue weighted by atomic mass is 16.5. The lowest BCUT2D eigenvalue weighted by Gasteiger charge is -2.39. The van der Waals surface area contributed by atoms with Crippen molar-refractivity contribution in [3.63, 3.8) is 0 Å². The third kappa shape index (κ3) is 7.27. The minimum absolute atomic E-state index is 0.00680. The van der Waals surface area contributed by atoms with Crippen LogP contribution >= 0.6 is 0 Å². The van der Waals surface area contributed by atoms with Crippen LogP contribution in [-0.4, -0.2) is 79.5 Å². The molecule has 0 radical (unpaired) electrons. The minimum atomic E-state index is -0.234. The highest BCUT2D eigenvalue weighted by Crippen LogP contribution is 2.40. The summed E-state index contributed by atoms with van der Waals surface area (Å²) in [6.45, 7) is 17.2. The Hall–Kier alpha value is -2.85. The highest BCUT2D eigenvalue weighted by molar-refractivity contribution is 5.92. The molecule has 45 heavy (non-hydrogen) atoms. The fourth-order valence-corrected chi connectivity index (χ4v) is 7.19. The van der Waals surface area contributed by atoms with E-state index >= 15 is 0 Å². The smallest absolute Gasteiger partial charge is 0.186 e. The topological polar surface area (TPSA) is 113 Å². The Kier molecular flexibility index (Phi) is 12.5. The van der Waals surface area contributed by atoms with E-state index in [9.17, 15) is 9.90 Å². The molecule has 3 aromatic rings. The summed E-state index contributed by atoms with van der Waals surface area (Å²) < 4.78 is 7.99. The molecule has 5 heterocycles. The number of likely N-dealkylation sites (tertiary alicyclic amines) is 1. The van der Waals surface area contributed by atoms with Gasteiger partial charge < -0.3 is 19.4 Å². The third-order valence-electron chi connectivity index (χ3n) is 9.66. The van der Waals surface area contributed by atoms with Gasteiger partial charge in [0.1, 0.15) is 11.6 Å². The standard InChI is InChI=1S/C31H45N7O3.2C2H6/c1-5-6-12-25(40)23-10-7-11-24-27(35-41-28(23)24)29-32-30(37-16-19(2)13-14-22(37)18-39)26-20(3)34-38(31(26)33-29)17-21-9-8-15-36(21)4;2*1-2/h19,21-23,39H,5-18H2,1-4H3;2*1-2H3/t19?,21?,22-,23?;;/m1../s1. The zero-order chi connectivity index (χ0) is 32.7. The van der Waals surface area contributed by atoms with Gasteiger partial charge in [-0.15, -0.1) is 0 Å². The second-order valence-corrected chi connectivity index (χ2v) is 12.7. The number of unbranched alkanes of at least 4 members (excludes halogenated alkanes) is 1. The molecule has 0 spiro atoms. The first-order valence-electron chi connectivity index (χ1n) is 17.7. The number of likely N-dealkylation sites (N-methyl/N-ethyl adjacent to an activating group) is 1. The van der Waals surface area contributed by atoms with Gasteiger partial charge in [-0.3, -0.25) is 4.79 Å². The van der Waals surface area contributed by atoms with E-state index in [2.05, 4.69) is 40.5 Å². The molecule has 2 aliphatic heterocycles. The Labute approximate surface area is 270 Å². The monoisotopic (exact) mass is 623 g/mol. The molecular formula is C35H57N7O3. The molecule has 0 aromatic carbocycles.